The van der Waals surface area contributed by atoms with Gasteiger partial charge in [0.2, 0.25) is 12.3 Å². The highest BCUT2D eigenvalue weighted by atomic mass is 16.2. The average molecular weight is 573 g/mol. The fraction of sp³-hybridized carbons (Fsp3) is 0.400. The normalized spacial score (nSPS) is 13.8. The third-order valence-corrected chi connectivity index (χ3v) is 7.08. The van der Waals surface area contributed by atoms with E-state index in [1.54, 1.807) is 0 Å². The van der Waals surface area contributed by atoms with Crippen molar-refractivity contribution in [1.82, 2.24) is 15.5 Å². The van der Waals surface area contributed by atoms with Crippen LogP contribution in [0.25, 0.3) is 0 Å². The summed E-state index contributed by atoms with van der Waals surface area (Å²) in [7, 11) is 0. The zero-order chi connectivity index (χ0) is 30.4. The van der Waals surface area contributed by atoms with Crippen molar-refractivity contribution >= 4 is 18.2 Å². The monoisotopic (exact) mass is 572 g/mol. The molecule has 0 radical (unpaired) electrons. The van der Waals surface area contributed by atoms with Crippen LogP contribution in [0.2, 0.25) is 0 Å². The number of nitrogens with two attached hydrogens (primary N) is 1. The molecule has 3 amide bonds. The van der Waals surface area contributed by atoms with Gasteiger partial charge >= 0.3 is 0 Å². The molecule has 3 aromatic carbocycles. The number of piperidine rings is 1. The molecule has 42 heavy (non-hydrogen) atoms. The summed E-state index contributed by atoms with van der Waals surface area (Å²) in [5.74, 6) is -1.41. The Morgan fingerprint density at radius 3 is 1.67 bits per heavy atom. The number of nitrogens with zero attached hydrogens (tertiary/aromatic N) is 1. The molecule has 1 saturated heterocycles. The first-order chi connectivity index (χ1) is 20.5. The van der Waals surface area contributed by atoms with Crippen LogP contribution in [0.15, 0.2) is 91.0 Å². The van der Waals surface area contributed by atoms with Crippen molar-refractivity contribution in [3.05, 3.63) is 108 Å². The van der Waals surface area contributed by atoms with Gasteiger partial charge in [0.05, 0.1) is 0 Å². The SMILES string of the molecule is CC.NC(=O)C(NC=O)C(=O)NC1CCN(Cc2ccccc2)CC1.c1ccc(CCCCCc2ccccc2)cc1. The number of unbranched alkanes of at least 4 members (excludes halogenated alkanes) is 2. The Hall–Kier alpha value is -3.97. The van der Waals surface area contributed by atoms with E-state index in [2.05, 4.69) is 88.3 Å². The third-order valence-electron chi connectivity index (χ3n) is 7.08. The summed E-state index contributed by atoms with van der Waals surface area (Å²) >= 11 is 0. The molecule has 7 heteroatoms. The summed E-state index contributed by atoms with van der Waals surface area (Å²) in [6.07, 6.45) is 8.26. The summed E-state index contributed by atoms with van der Waals surface area (Å²) in [6.45, 7) is 6.61. The Balaban J connectivity index is 0.000000288. The zero-order valence-corrected chi connectivity index (χ0v) is 25.2. The highest BCUT2D eigenvalue weighted by molar-refractivity contribution is 6.05. The van der Waals surface area contributed by atoms with Gasteiger partial charge in [-0.25, -0.2) is 0 Å². The first kappa shape index (κ1) is 34.2. The van der Waals surface area contributed by atoms with E-state index in [1.165, 1.54) is 48.8 Å². The molecule has 4 N–H and O–H groups in total. The van der Waals surface area contributed by atoms with E-state index in [0.717, 1.165) is 32.5 Å². The van der Waals surface area contributed by atoms with E-state index in [9.17, 15) is 14.4 Å². The second kappa shape index (κ2) is 20.8. The summed E-state index contributed by atoms with van der Waals surface area (Å²) < 4.78 is 0. The number of carbonyl (C=O) groups is 3. The lowest BCUT2D eigenvalue weighted by Gasteiger charge is -2.32. The molecule has 0 spiro atoms. The van der Waals surface area contributed by atoms with Crippen LogP contribution in [0.5, 0.6) is 0 Å². The van der Waals surface area contributed by atoms with Crippen molar-refractivity contribution in [2.24, 2.45) is 5.73 Å². The second-order valence-electron chi connectivity index (χ2n) is 10.2. The summed E-state index contributed by atoms with van der Waals surface area (Å²) in [5, 5.41) is 4.92. The van der Waals surface area contributed by atoms with Crippen LogP contribution in [0, 0.1) is 0 Å². The van der Waals surface area contributed by atoms with Gasteiger partial charge in [-0.1, -0.05) is 111 Å². The predicted octanol–water partition coefficient (Wildman–Crippen LogP) is 5.04. The Labute approximate surface area is 251 Å². The summed E-state index contributed by atoms with van der Waals surface area (Å²) in [5.41, 5.74) is 9.30. The summed E-state index contributed by atoms with van der Waals surface area (Å²) in [4.78, 5) is 35.9. The Morgan fingerprint density at radius 1 is 0.786 bits per heavy atom. The molecule has 0 bridgehead atoms. The van der Waals surface area contributed by atoms with Crippen LogP contribution in [0.1, 0.15) is 62.6 Å². The van der Waals surface area contributed by atoms with Crippen molar-refractivity contribution < 1.29 is 14.4 Å². The minimum Gasteiger partial charge on any atom is -0.367 e. The molecule has 3 aromatic rings. The molecule has 0 saturated carbocycles. The number of aryl methyl sites for hydroxylation is 2. The number of carbonyl (C=O) groups excluding carboxylic acids is 3. The van der Waals surface area contributed by atoms with Gasteiger partial charge in [0.25, 0.3) is 5.91 Å². The molecule has 1 fully saturated rings. The number of primary amides is 1. The lowest BCUT2D eigenvalue weighted by atomic mass is 10.0. The second-order valence-corrected chi connectivity index (χ2v) is 10.2. The van der Waals surface area contributed by atoms with Gasteiger partial charge in [0, 0.05) is 25.7 Å². The van der Waals surface area contributed by atoms with Crippen LogP contribution in [-0.4, -0.2) is 48.3 Å². The number of rotatable bonds is 13. The quantitative estimate of drug-likeness (QED) is 0.152. The predicted molar refractivity (Wildman–Crippen MR) is 171 cm³/mol. The number of benzene rings is 3. The Morgan fingerprint density at radius 2 is 1.24 bits per heavy atom. The van der Waals surface area contributed by atoms with E-state index in [1.807, 2.05) is 32.0 Å². The maximum atomic E-state index is 12.0. The lowest BCUT2D eigenvalue weighted by Crippen LogP contribution is -2.55. The van der Waals surface area contributed by atoms with Crippen LogP contribution >= 0.6 is 0 Å². The van der Waals surface area contributed by atoms with E-state index in [4.69, 9.17) is 5.73 Å². The van der Waals surface area contributed by atoms with Gasteiger partial charge in [-0.2, -0.15) is 0 Å². The smallest absolute Gasteiger partial charge is 0.252 e. The highest BCUT2D eigenvalue weighted by Gasteiger charge is 2.27. The number of amides is 3. The fourth-order valence-electron chi connectivity index (χ4n) is 4.84. The van der Waals surface area contributed by atoms with Crippen molar-refractivity contribution in [3.63, 3.8) is 0 Å². The minimum atomic E-state index is -1.31. The fourth-order valence-corrected chi connectivity index (χ4v) is 4.84. The first-order valence-electron chi connectivity index (χ1n) is 15.2. The van der Waals surface area contributed by atoms with E-state index in [0.29, 0.717) is 6.41 Å². The van der Waals surface area contributed by atoms with Crippen molar-refractivity contribution in [1.29, 1.82) is 0 Å². The van der Waals surface area contributed by atoms with Gasteiger partial charge in [-0.15, -0.1) is 0 Å². The molecule has 1 atom stereocenters. The molecule has 1 aliphatic heterocycles. The molecular weight excluding hydrogens is 524 g/mol. The zero-order valence-electron chi connectivity index (χ0n) is 25.2. The van der Waals surface area contributed by atoms with E-state index < -0.39 is 17.9 Å². The van der Waals surface area contributed by atoms with Gasteiger partial charge in [-0.05, 0) is 55.2 Å². The average Bonchev–Trinajstić information content (AvgIpc) is 3.03. The van der Waals surface area contributed by atoms with Crippen LogP contribution in [0.4, 0.5) is 0 Å². The Kier molecular flexibility index (Phi) is 17.0. The highest BCUT2D eigenvalue weighted by Crippen LogP contribution is 2.14. The maximum Gasteiger partial charge on any atom is 0.252 e. The van der Waals surface area contributed by atoms with Crippen LogP contribution in [-0.2, 0) is 33.8 Å². The van der Waals surface area contributed by atoms with Crippen molar-refractivity contribution in [3.8, 4) is 0 Å². The van der Waals surface area contributed by atoms with Gasteiger partial charge in [0.15, 0.2) is 6.04 Å². The van der Waals surface area contributed by atoms with Gasteiger partial charge in [0.1, 0.15) is 0 Å². The first-order valence-corrected chi connectivity index (χ1v) is 15.2. The number of nitrogens with one attached hydrogen (secondary N) is 2. The minimum absolute atomic E-state index is 0.00942. The van der Waals surface area contributed by atoms with E-state index >= 15 is 0 Å². The third kappa shape index (κ3) is 13.6. The largest absolute Gasteiger partial charge is 0.367 e. The summed E-state index contributed by atoms with van der Waals surface area (Å²) in [6, 6.07) is 30.4. The van der Waals surface area contributed by atoms with Crippen molar-refractivity contribution in [2.75, 3.05) is 13.1 Å². The van der Waals surface area contributed by atoms with Gasteiger partial charge < -0.3 is 16.4 Å². The van der Waals surface area contributed by atoms with Crippen molar-refractivity contribution in [2.45, 2.75) is 77.4 Å². The van der Waals surface area contributed by atoms with Gasteiger partial charge in [-0.3, -0.25) is 19.3 Å². The molecule has 1 aliphatic rings. The number of hydrogen-bond donors (Lipinski definition) is 3. The molecule has 226 valence electrons. The molecule has 7 nitrogen and oxygen atoms in total. The standard InChI is InChI=1S/C17H20.C16H22N4O3.C2H6/c1-4-10-16(11-5-1)14-8-3-9-15-17-12-6-2-7-13-17;17-15(22)14(18-11-21)16(23)19-13-6-8-20(9-7-13)10-12-4-2-1-3-5-12;1-2/h1-2,4-7,10-13H,3,8-9,14-15H2;1-5,11,13-14H,6-10H2,(H2,17,22)(H,18,21)(H,19,23);1-2H3. The number of likely N-dealkylation sites (tertiary alicyclic amines) is 1. The topological polar surface area (TPSA) is 105 Å². The lowest BCUT2D eigenvalue weighted by molar-refractivity contribution is -0.133. The van der Waals surface area contributed by atoms with E-state index in [-0.39, 0.29) is 6.04 Å². The Bertz CT molecular complexity index is 1090. The maximum absolute atomic E-state index is 12.0. The molecule has 0 aromatic heterocycles. The molecule has 0 aliphatic carbocycles. The number of hydrogen-bond acceptors (Lipinski definition) is 4. The molecule has 1 heterocycles. The molecule has 4 rings (SSSR count). The van der Waals surface area contributed by atoms with Crippen LogP contribution in [0.3, 0.4) is 0 Å². The molecular formula is C35H48N4O3. The van der Waals surface area contributed by atoms with Crippen LogP contribution < -0.4 is 16.4 Å². The molecule has 1 unspecified atom stereocenters.